The minimum Gasteiger partial charge on any atom is -0.326 e. The van der Waals surface area contributed by atoms with E-state index in [1.165, 1.54) is 0 Å². The smallest absolute Gasteiger partial charge is 0.228 e. The highest BCUT2D eigenvalue weighted by atomic mass is 79.9. The molecule has 1 aliphatic carbocycles. The van der Waals surface area contributed by atoms with E-state index < -0.39 is 0 Å². The Morgan fingerprint density at radius 2 is 1.62 bits per heavy atom. The van der Waals surface area contributed by atoms with Crippen LogP contribution in [0.15, 0.2) is 53.0 Å². The third kappa shape index (κ3) is 3.81. The lowest BCUT2D eigenvalue weighted by Crippen LogP contribution is -2.20. The van der Waals surface area contributed by atoms with Gasteiger partial charge in [-0.25, -0.2) is 0 Å². The number of benzene rings is 2. The van der Waals surface area contributed by atoms with E-state index in [-0.39, 0.29) is 23.7 Å². The van der Waals surface area contributed by atoms with E-state index in [4.69, 9.17) is 5.26 Å². The Labute approximate surface area is 147 Å². The van der Waals surface area contributed by atoms with Crippen LogP contribution in [0.5, 0.6) is 0 Å². The summed E-state index contributed by atoms with van der Waals surface area (Å²) in [6, 6.07) is 16.0. The largest absolute Gasteiger partial charge is 0.326 e. The Morgan fingerprint density at radius 3 is 2.25 bits per heavy atom. The Morgan fingerprint density at radius 1 is 1.00 bits per heavy atom. The molecule has 0 heterocycles. The highest BCUT2D eigenvalue weighted by Crippen LogP contribution is 2.40. The molecule has 0 aromatic heterocycles. The summed E-state index contributed by atoms with van der Waals surface area (Å²) in [5, 5.41) is 14.4. The molecule has 0 saturated heterocycles. The van der Waals surface area contributed by atoms with Gasteiger partial charge in [-0.2, -0.15) is 5.26 Å². The molecule has 2 aromatic carbocycles. The Balaban J connectivity index is 1.56. The summed E-state index contributed by atoms with van der Waals surface area (Å²) in [6.07, 6.45) is 0.534. The first-order chi connectivity index (χ1) is 11.6. The molecule has 0 bridgehead atoms. The topological polar surface area (TPSA) is 82.0 Å². The van der Waals surface area contributed by atoms with Crippen molar-refractivity contribution in [2.45, 2.75) is 6.42 Å². The fraction of sp³-hybridized carbons (Fsp3) is 0.167. The predicted octanol–water partition coefficient (Wildman–Crippen LogP) is 3.53. The molecule has 1 fully saturated rings. The zero-order valence-corrected chi connectivity index (χ0v) is 14.2. The summed E-state index contributed by atoms with van der Waals surface area (Å²) >= 11 is 3.34. The number of halogens is 1. The van der Waals surface area contributed by atoms with Crippen LogP contribution in [-0.4, -0.2) is 11.8 Å². The maximum absolute atomic E-state index is 12.2. The SMILES string of the molecule is N#Cc1cccc(NC(=O)C2CC2C(=O)Nc2ccc(Br)cc2)c1. The Kier molecular flexibility index (Phi) is 4.63. The zero-order valence-electron chi connectivity index (χ0n) is 12.6. The van der Waals surface area contributed by atoms with Gasteiger partial charge in [-0.1, -0.05) is 22.0 Å². The van der Waals surface area contributed by atoms with Crippen molar-refractivity contribution < 1.29 is 9.59 Å². The number of nitriles is 1. The fourth-order valence-corrected chi connectivity index (χ4v) is 2.71. The van der Waals surface area contributed by atoms with Crippen LogP contribution in [0.1, 0.15) is 12.0 Å². The molecule has 120 valence electrons. The first-order valence-electron chi connectivity index (χ1n) is 7.44. The first kappa shape index (κ1) is 16.2. The lowest BCUT2D eigenvalue weighted by molar-refractivity contribution is -0.122. The first-order valence-corrected chi connectivity index (χ1v) is 8.23. The minimum absolute atomic E-state index is 0.150. The molecule has 1 saturated carbocycles. The maximum atomic E-state index is 12.2. The van der Waals surface area contributed by atoms with Gasteiger partial charge in [0.05, 0.1) is 23.5 Å². The molecule has 0 spiro atoms. The Bertz CT molecular complexity index is 827. The molecule has 2 aromatic rings. The third-order valence-electron chi connectivity index (χ3n) is 3.83. The molecule has 2 N–H and O–H groups in total. The van der Waals surface area contributed by atoms with Crippen molar-refractivity contribution in [2.24, 2.45) is 11.8 Å². The van der Waals surface area contributed by atoms with Gasteiger partial charge in [0.1, 0.15) is 0 Å². The van der Waals surface area contributed by atoms with Crippen LogP contribution in [0.2, 0.25) is 0 Å². The van der Waals surface area contributed by atoms with E-state index in [2.05, 4.69) is 26.6 Å². The molecule has 2 atom stereocenters. The minimum atomic E-state index is -0.328. The predicted molar refractivity (Wildman–Crippen MR) is 94.2 cm³/mol. The van der Waals surface area contributed by atoms with Crippen LogP contribution in [0, 0.1) is 23.2 Å². The van der Waals surface area contributed by atoms with Gasteiger partial charge in [0, 0.05) is 15.8 Å². The van der Waals surface area contributed by atoms with Gasteiger partial charge in [0.25, 0.3) is 0 Å². The van der Waals surface area contributed by atoms with Crippen LogP contribution >= 0.6 is 15.9 Å². The van der Waals surface area contributed by atoms with E-state index in [9.17, 15) is 9.59 Å². The lowest BCUT2D eigenvalue weighted by atomic mass is 10.2. The summed E-state index contributed by atoms with van der Waals surface area (Å²) < 4.78 is 0.934. The van der Waals surface area contributed by atoms with Gasteiger partial charge < -0.3 is 10.6 Å². The van der Waals surface area contributed by atoms with E-state index in [1.54, 1.807) is 36.4 Å². The summed E-state index contributed by atoms with van der Waals surface area (Å²) in [7, 11) is 0. The molecule has 6 heteroatoms. The number of amides is 2. The van der Waals surface area contributed by atoms with Crippen LogP contribution in [0.3, 0.4) is 0 Å². The lowest BCUT2D eigenvalue weighted by Gasteiger charge is -2.06. The molecule has 2 unspecified atom stereocenters. The van der Waals surface area contributed by atoms with Gasteiger partial charge in [-0.15, -0.1) is 0 Å². The fourth-order valence-electron chi connectivity index (χ4n) is 2.44. The number of hydrogen-bond donors (Lipinski definition) is 2. The quantitative estimate of drug-likeness (QED) is 0.846. The van der Waals surface area contributed by atoms with E-state index in [1.807, 2.05) is 18.2 Å². The second-order valence-electron chi connectivity index (χ2n) is 5.63. The van der Waals surface area contributed by atoms with Crippen LogP contribution in [-0.2, 0) is 9.59 Å². The normalized spacial score (nSPS) is 18.3. The van der Waals surface area contributed by atoms with Crippen molar-refractivity contribution >= 4 is 39.1 Å². The van der Waals surface area contributed by atoms with Crippen LogP contribution < -0.4 is 10.6 Å². The molecule has 1 aliphatic rings. The molecular formula is C18H14BrN3O2. The standard InChI is InChI=1S/C18H14BrN3O2/c19-12-4-6-13(7-5-12)21-17(23)15-9-16(15)18(24)22-14-3-1-2-11(8-14)10-20/h1-8,15-16H,9H2,(H,21,23)(H,22,24). The van der Waals surface area contributed by atoms with Gasteiger partial charge >= 0.3 is 0 Å². The maximum Gasteiger partial charge on any atom is 0.228 e. The number of anilines is 2. The molecule has 0 aliphatic heterocycles. The van der Waals surface area contributed by atoms with Gasteiger partial charge in [-0.05, 0) is 48.9 Å². The van der Waals surface area contributed by atoms with E-state index in [0.29, 0.717) is 23.4 Å². The summed E-state index contributed by atoms with van der Waals surface area (Å²) in [6.45, 7) is 0. The third-order valence-corrected chi connectivity index (χ3v) is 4.36. The number of carbonyl (C=O) groups is 2. The molecule has 24 heavy (non-hydrogen) atoms. The second-order valence-corrected chi connectivity index (χ2v) is 6.54. The molecule has 0 radical (unpaired) electrons. The van der Waals surface area contributed by atoms with E-state index in [0.717, 1.165) is 4.47 Å². The van der Waals surface area contributed by atoms with Crippen molar-refractivity contribution in [3.8, 4) is 6.07 Å². The zero-order chi connectivity index (χ0) is 17.1. The highest BCUT2D eigenvalue weighted by Gasteiger charge is 2.48. The second kappa shape index (κ2) is 6.85. The number of hydrogen-bond acceptors (Lipinski definition) is 3. The molecule has 3 rings (SSSR count). The number of carbonyl (C=O) groups excluding carboxylic acids is 2. The monoisotopic (exact) mass is 383 g/mol. The molecular weight excluding hydrogens is 370 g/mol. The average Bonchev–Trinajstić information content (AvgIpc) is 3.38. The number of rotatable bonds is 4. The molecule has 2 amide bonds. The summed E-state index contributed by atoms with van der Waals surface area (Å²) in [5.74, 6) is -0.983. The van der Waals surface area contributed by atoms with Crippen molar-refractivity contribution in [1.29, 1.82) is 5.26 Å². The highest BCUT2D eigenvalue weighted by molar-refractivity contribution is 9.10. The van der Waals surface area contributed by atoms with Crippen molar-refractivity contribution in [3.63, 3.8) is 0 Å². The van der Waals surface area contributed by atoms with Crippen LogP contribution in [0.4, 0.5) is 11.4 Å². The van der Waals surface area contributed by atoms with Crippen molar-refractivity contribution in [3.05, 3.63) is 58.6 Å². The molecule has 5 nitrogen and oxygen atoms in total. The van der Waals surface area contributed by atoms with Gasteiger partial charge in [0.2, 0.25) is 11.8 Å². The summed E-state index contributed by atoms with van der Waals surface area (Å²) in [5.41, 5.74) is 1.75. The van der Waals surface area contributed by atoms with E-state index >= 15 is 0 Å². The average molecular weight is 384 g/mol. The van der Waals surface area contributed by atoms with Crippen LogP contribution in [0.25, 0.3) is 0 Å². The van der Waals surface area contributed by atoms with Gasteiger partial charge in [0.15, 0.2) is 0 Å². The van der Waals surface area contributed by atoms with Crippen molar-refractivity contribution in [1.82, 2.24) is 0 Å². The Hall–Kier alpha value is -2.65. The number of nitrogens with zero attached hydrogens (tertiary/aromatic N) is 1. The van der Waals surface area contributed by atoms with Crippen molar-refractivity contribution in [2.75, 3.05) is 10.6 Å². The number of nitrogens with one attached hydrogen (secondary N) is 2. The summed E-state index contributed by atoms with van der Waals surface area (Å²) in [4.78, 5) is 24.4. The van der Waals surface area contributed by atoms with Gasteiger partial charge in [-0.3, -0.25) is 9.59 Å².